The van der Waals surface area contributed by atoms with Gasteiger partial charge in [0.1, 0.15) is 0 Å². The minimum atomic E-state index is 0.366. The molecule has 2 atom stereocenters. The zero-order chi connectivity index (χ0) is 12.7. The summed E-state index contributed by atoms with van der Waals surface area (Å²) in [7, 11) is 4.21. The van der Waals surface area contributed by atoms with Crippen LogP contribution in [0, 0.1) is 23.7 Å². The largest absolute Gasteiger partial charge is 0.345 e. The smallest absolute Gasteiger partial charge is 0.225 e. The van der Waals surface area contributed by atoms with Crippen molar-refractivity contribution in [1.82, 2.24) is 9.80 Å². The van der Waals surface area contributed by atoms with Crippen molar-refractivity contribution in [2.75, 3.05) is 33.7 Å². The number of nitrogens with zero attached hydrogens (tertiary/aromatic N) is 2. The Balaban J connectivity index is 1.45. The van der Waals surface area contributed by atoms with Crippen molar-refractivity contribution in [3.05, 3.63) is 0 Å². The Bertz CT molecular complexity index is 312. The van der Waals surface area contributed by atoms with Gasteiger partial charge in [0.05, 0.1) is 0 Å². The molecule has 3 heteroatoms. The Labute approximate surface area is 111 Å². The minimum absolute atomic E-state index is 0.366. The van der Waals surface area contributed by atoms with Gasteiger partial charge in [0, 0.05) is 19.5 Å². The van der Waals surface area contributed by atoms with Crippen molar-refractivity contribution >= 4 is 5.91 Å². The van der Waals surface area contributed by atoms with Crippen LogP contribution in [0.4, 0.5) is 0 Å². The molecule has 1 saturated heterocycles. The zero-order valence-corrected chi connectivity index (χ0v) is 11.8. The van der Waals surface area contributed by atoms with Crippen LogP contribution in [0.3, 0.4) is 0 Å². The lowest BCUT2D eigenvalue weighted by atomic mass is 9.95. The standard InChI is InChI=1S/C15H26N2O/c1-16-5-3-11(4-6-16)10-17(2)15(18)14-8-12-7-13(12)9-14/h11-14H,3-10H2,1-2H3. The highest BCUT2D eigenvalue weighted by atomic mass is 16.2. The molecule has 0 bridgehead atoms. The molecule has 18 heavy (non-hydrogen) atoms. The molecule has 2 aliphatic carbocycles. The van der Waals surface area contributed by atoms with E-state index in [0.29, 0.717) is 11.8 Å². The van der Waals surface area contributed by atoms with E-state index in [1.807, 2.05) is 11.9 Å². The number of carbonyl (C=O) groups excluding carboxylic acids is 1. The fraction of sp³-hybridized carbons (Fsp3) is 0.933. The van der Waals surface area contributed by atoms with Gasteiger partial charge in [0.15, 0.2) is 0 Å². The molecular weight excluding hydrogens is 224 g/mol. The van der Waals surface area contributed by atoms with Crippen LogP contribution in [0.15, 0.2) is 0 Å². The lowest BCUT2D eigenvalue weighted by molar-refractivity contribution is -0.135. The third kappa shape index (κ3) is 2.56. The molecule has 1 heterocycles. The van der Waals surface area contributed by atoms with Gasteiger partial charge in [-0.15, -0.1) is 0 Å². The minimum Gasteiger partial charge on any atom is -0.345 e. The second-order valence-electron chi connectivity index (χ2n) is 6.89. The molecule has 102 valence electrons. The van der Waals surface area contributed by atoms with E-state index in [-0.39, 0.29) is 0 Å². The van der Waals surface area contributed by atoms with Gasteiger partial charge in [0.25, 0.3) is 0 Å². The lowest BCUT2D eigenvalue weighted by Crippen LogP contribution is -2.40. The van der Waals surface area contributed by atoms with E-state index >= 15 is 0 Å². The van der Waals surface area contributed by atoms with E-state index in [9.17, 15) is 4.79 Å². The van der Waals surface area contributed by atoms with E-state index in [4.69, 9.17) is 0 Å². The maximum absolute atomic E-state index is 12.4. The average molecular weight is 250 g/mol. The molecular formula is C15H26N2O. The predicted molar refractivity (Wildman–Crippen MR) is 72.2 cm³/mol. The number of fused-ring (bicyclic) bond motifs is 1. The summed E-state index contributed by atoms with van der Waals surface area (Å²) in [6.45, 7) is 3.37. The molecule has 1 aliphatic heterocycles. The van der Waals surface area contributed by atoms with Crippen LogP contribution in [0.2, 0.25) is 0 Å². The Hall–Kier alpha value is -0.570. The Morgan fingerprint density at radius 3 is 2.39 bits per heavy atom. The van der Waals surface area contributed by atoms with Gasteiger partial charge < -0.3 is 9.80 Å². The van der Waals surface area contributed by atoms with Crippen LogP contribution in [0.1, 0.15) is 32.1 Å². The predicted octanol–water partition coefficient (Wildman–Crippen LogP) is 1.83. The number of amides is 1. The van der Waals surface area contributed by atoms with E-state index in [1.54, 1.807) is 0 Å². The van der Waals surface area contributed by atoms with Crippen molar-refractivity contribution in [3.8, 4) is 0 Å². The van der Waals surface area contributed by atoms with Gasteiger partial charge in [-0.1, -0.05) is 0 Å². The van der Waals surface area contributed by atoms with Crippen molar-refractivity contribution in [1.29, 1.82) is 0 Å². The molecule has 0 aromatic heterocycles. The molecule has 0 aromatic carbocycles. The van der Waals surface area contributed by atoms with E-state index < -0.39 is 0 Å². The highest BCUT2D eigenvalue weighted by molar-refractivity contribution is 5.79. The van der Waals surface area contributed by atoms with Crippen molar-refractivity contribution in [2.45, 2.75) is 32.1 Å². The highest BCUT2D eigenvalue weighted by Gasteiger charge is 2.48. The number of rotatable bonds is 3. The topological polar surface area (TPSA) is 23.6 Å². The molecule has 0 N–H and O–H groups in total. The fourth-order valence-electron chi connectivity index (χ4n) is 3.95. The number of hydrogen-bond donors (Lipinski definition) is 0. The summed E-state index contributed by atoms with van der Waals surface area (Å²) in [5.74, 6) is 3.35. The molecule has 0 radical (unpaired) electrons. The van der Waals surface area contributed by atoms with Crippen LogP contribution >= 0.6 is 0 Å². The average Bonchev–Trinajstić information content (AvgIpc) is 2.98. The summed E-state index contributed by atoms with van der Waals surface area (Å²) in [4.78, 5) is 16.8. The van der Waals surface area contributed by atoms with Crippen LogP contribution < -0.4 is 0 Å². The first-order valence-corrected chi connectivity index (χ1v) is 7.57. The van der Waals surface area contributed by atoms with Crippen molar-refractivity contribution in [3.63, 3.8) is 0 Å². The van der Waals surface area contributed by atoms with Gasteiger partial charge in [0.2, 0.25) is 5.91 Å². The second kappa shape index (κ2) is 4.84. The maximum atomic E-state index is 12.4. The van der Waals surface area contributed by atoms with Gasteiger partial charge >= 0.3 is 0 Å². The molecule has 0 spiro atoms. The molecule has 2 saturated carbocycles. The quantitative estimate of drug-likeness (QED) is 0.763. The molecule has 0 aromatic rings. The van der Waals surface area contributed by atoms with Gasteiger partial charge in [-0.2, -0.15) is 0 Å². The first kappa shape index (κ1) is 12.5. The Morgan fingerprint density at radius 2 is 1.78 bits per heavy atom. The normalized spacial score (nSPS) is 36.4. The third-order valence-corrected chi connectivity index (χ3v) is 5.34. The highest BCUT2D eigenvalue weighted by Crippen LogP contribution is 2.54. The molecule has 3 nitrogen and oxygen atoms in total. The molecule has 3 fully saturated rings. The number of hydrogen-bond acceptors (Lipinski definition) is 2. The van der Waals surface area contributed by atoms with Gasteiger partial charge in [-0.25, -0.2) is 0 Å². The van der Waals surface area contributed by atoms with Crippen LogP contribution in [0.25, 0.3) is 0 Å². The fourth-order valence-corrected chi connectivity index (χ4v) is 3.95. The Morgan fingerprint density at radius 1 is 1.17 bits per heavy atom. The molecule has 3 rings (SSSR count). The number of carbonyl (C=O) groups is 1. The van der Waals surface area contributed by atoms with E-state index in [2.05, 4.69) is 11.9 Å². The maximum Gasteiger partial charge on any atom is 0.225 e. The monoisotopic (exact) mass is 250 g/mol. The summed E-state index contributed by atoms with van der Waals surface area (Å²) >= 11 is 0. The van der Waals surface area contributed by atoms with Crippen LogP contribution in [0.5, 0.6) is 0 Å². The summed E-state index contributed by atoms with van der Waals surface area (Å²) in [5, 5.41) is 0. The summed E-state index contributed by atoms with van der Waals surface area (Å²) < 4.78 is 0. The lowest BCUT2D eigenvalue weighted by Gasteiger charge is -2.32. The van der Waals surface area contributed by atoms with E-state index in [1.165, 1.54) is 45.2 Å². The summed E-state index contributed by atoms with van der Waals surface area (Å²) in [5.41, 5.74) is 0. The molecule has 3 aliphatic rings. The second-order valence-corrected chi connectivity index (χ2v) is 6.89. The SMILES string of the molecule is CN1CCC(CN(C)C(=O)C2CC3CC3C2)CC1. The zero-order valence-electron chi connectivity index (χ0n) is 11.8. The Kier molecular flexibility index (Phi) is 3.35. The van der Waals surface area contributed by atoms with Crippen LogP contribution in [-0.4, -0.2) is 49.4 Å². The van der Waals surface area contributed by atoms with Crippen LogP contribution in [-0.2, 0) is 4.79 Å². The molecule has 2 unspecified atom stereocenters. The summed E-state index contributed by atoms with van der Waals surface area (Å²) in [6.07, 6.45) is 6.28. The molecule has 1 amide bonds. The summed E-state index contributed by atoms with van der Waals surface area (Å²) in [6, 6.07) is 0. The van der Waals surface area contributed by atoms with Gasteiger partial charge in [-0.3, -0.25) is 4.79 Å². The number of likely N-dealkylation sites (tertiary alicyclic amines) is 1. The third-order valence-electron chi connectivity index (χ3n) is 5.34. The number of piperidine rings is 1. The van der Waals surface area contributed by atoms with Crippen molar-refractivity contribution < 1.29 is 4.79 Å². The first-order valence-electron chi connectivity index (χ1n) is 7.57. The first-order chi connectivity index (χ1) is 8.63. The van der Waals surface area contributed by atoms with E-state index in [0.717, 1.165) is 24.3 Å². The van der Waals surface area contributed by atoms with Crippen molar-refractivity contribution in [2.24, 2.45) is 23.7 Å². The van der Waals surface area contributed by atoms with Gasteiger partial charge in [-0.05, 0) is 70.0 Å².